The topological polar surface area (TPSA) is 97.8 Å². The average Bonchev–Trinajstić information content (AvgIpc) is 2.86. The molecule has 0 radical (unpaired) electrons. The summed E-state index contributed by atoms with van der Waals surface area (Å²) in [7, 11) is 1.46. The molecule has 1 aliphatic carbocycles. The Kier molecular flexibility index (Phi) is 7.42. The molecule has 3 aromatic rings. The number of aromatic hydroxyl groups is 1. The maximum absolute atomic E-state index is 12.5. The summed E-state index contributed by atoms with van der Waals surface area (Å²) in [4.78, 5) is 29.4. The Morgan fingerprint density at radius 1 is 1.06 bits per heavy atom. The van der Waals surface area contributed by atoms with E-state index >= 15 is 0 Å². The Morgan fingerprint density at radius 3 is 2.68 bits per heavy atom. The molecular weight excluding hydrogens is 432 g/mol. The number of nitrogens with one attached hydrogen (secondary N) is 1. The molecular formula is C27H28N2O5. The second kappa shape index (κ2) is 10.8. The van der Waals surface area contributed by atoms with Crippen molar-refractivity contribution in [1.29, 1.82) is 0 Å². The molecule has 1 aromatic heterocycles. The molecule has 0 aliphatic heterocycles. The van der Waals surface area contributed by atoms with Crippen molar-refractivity contribution in [3.05, 3.63) is 66.4 Å². The lowest BCUT2D eigenvalue weighted by Gasteiger charge is -2.19. The number of anilines is 1. The van der Waals surface area contributed by atoms with Gasteiger partial charge < -0.3 is 19.9 Å². The highest BCUT2D eigenvalue weighted by Gasteiger charge is 2.23. The van der Waals surface area contributed by atoms with Crippen LogP contribution >= 0.6 is 0 Å². The number of hydrogen-bond donors (Lipinski definition) is 2. The van der Waals surface area contributed by atoms with Gasteiger partial charge in [0.1, 0.15) is 5.75 Å². The zero-order chi connectivity index (χ0) is 23.9. The molecule has 2 aromatic carbocycles. The van der Waals surface area contributed by atoms with Crippen LogP contribution in [0.3, 0.4) is 0 Å². The van der Waals surface area contributed by atoms with Crippen LogP contribution in [0.15, 0.2) is 60.8 Å². The molecule has 1 saturated carbocycles. The average molecular weight is 461 g/mol. The Labute approximate surface area is 198 Å². The van der Waals surface area contributed by atoms with Crippen molar-refractivity contribution in [1.82, 2.24) is 4.98 Å². The van der Waals surface area contributed by atoms with Crippen LogP contribution in [0.2, 0.25) is 0 Å². The van der Waals surface area contributed by atoms with E-state index in [0.717, 1.165) is 31.2 Å². The predicted molar refractivity (Wildman–Crippen MR) is 129 cm³/mol. The van der Waals surface area contributed by atoms with Crippen molar-refractivity contribution in [3.8, 4) is 28.5 Å². The van der Waals surface area contributed by atoms with Crippen LogP contribution in [0.5, 0.6) is 17.2 Å². The van der Waals surface area contributed by atoms with Gasteiger partial charge in [-0.25, -0.2) is 0 Å². The lowest BCUT2D eigenvalue weighted by atomic mass is 9.89. The van der Waals surface area contributed by atoms with E-state index < -0.39 is 0 Å². The molecule has 176 valence electrons. The SMILES string of the molecule is COc1cc(CC(=O)Nc2ccnc(-c3cccc(OC(=O)C4CCCCC4)c3)c2)ccc1O. The fourth-order valence-electron chi connectivity index (χ4n) is 4.15. The molecule has 1 amide bonds. The van der Waals surface area contributed by atoms with Gasteiger partial charge in [-0.15, -0.1) is 0 Å². The normalized spacial score (nSPS) is 13.8. The third kappa shape index (κ3) is 5.92. The standard InChI is InChI=1S/C27H28N2O5/c1-33-25-14-18(10-11-24(25)30)15-26(31)29-21-12-13-28-23(17-21)20-8-5-9-22(16-20)34-27(32)19-6-3-2-4-7-19/h5,8-14,16-17,19,30H,2-4,6-7,15H2,1H3,(H,28,29,31). The lowest BCUT2D eigenvalue weighted by molar-refractivity contribution is -0.140. The molecule has 7 nitrogen and oxygen atoms in total. The fraction of sp³-hybridized carbons (Fsp3) is 0.296. The fourth-order valence-corrected chi connectivity index (χ4v) is 4.15. The zero-order valence-electron chi connectivity index (χ0n) is 19.1. The number of phenols is 1. The van der Waals surface area contributed by atoms with E-state index in [1.165, 1.54) is 19.6 Å². The van der Waals surface area contributed by atoms with Crippen LogP contribution in [0.4, 0.5) is 5.69 Å². The van der Waals surface area contributed by atoms with Crippen molar-refractivity contribution < 1.29 is 24.2 Å². The van der Waals surface area contributed by atoms with Gasteiger partial charge in [0.15, 0.2) is 11.5 Å². The maximum atomic E-state index is 12.5. The lowest BCUT2D eigenvalue weighted by Crippen LogP contribution is -2.22. The summed E-state index contributed by atoms with van der Waals surface area (Å²) in [6, 6.07) is 15.6. The highest BCUT2D eigenvalue weighted by atomic mass is 16.5. The van der Waals surface area contributed by atoms with Gasteiger partial charge in [0.05, 0.1) is 25.1 Å². The molecule has 4 rings (SSSR count). The van der Waals surface area contributed by atoms with E-state index in [4.69, 9.17) is 9.47 Å². The van der Waals surface area contributed by atoms with Gasteiger partial charge in [0, 0.05) is 17.4 Å². The number of phenolic OH excluding ortho intramolecular Hbond substituents is 1. The third-order valence-electron chi connectivity index (χ3n) is 5.94. The molecule has 34 heavy (non-hydrogen) atoms. The largest absolute Gasteiger partial charge is 0.504 e. The Bertz CT molecular complexity index is 1170. The first kappa shape index (κ1) is 23.3. The van der Waals surface area contributed by atoms with Crippen LogP contribution in [0.1, 0.15) is 37.7 Å². The van der Waals surface area contributed by atoms with Crippen LogP contribution in [0, 0.1) is 5.92 Å². The van der Waals surface area contributed by atoms with E-state index in [-0.39, 0.29) is 30.0 Å². The van der Waals surface area contributed by atoms with Crippen molar-refractivity contribution in [2.45, 2.75) is 38.5 Å². The van der Waals surface area contributed by atoms with Crippen molar-refractivity contribution >= 4 is 17.6 Å². The molecule has 2 N–H and O–H groups in total. The molecule has 1 heterocycles. The first-order valence-corrected chi connectivity index (χ1v) is 11.5. The van der Waals surface area contributed by atoms with Gasteiger partial charge in [-0.1, -0.05) is 37.5 Å². The maximum Gasteiger partial charge on any atom is 0.314 e. The summed E-state index contributed by atoms with van der Waals surface area (Å²) in [5, 5.41) is 12.6. The predicted octanol–water partition coefficient (Wildman–Crippen LogP) is 5.13. The van der Waals surface area contributed by atoms with Crippen molar-refractivity contribution in [2.24, 2.45) is 5.92 Å². The minimum absolute atomic E-state index is 0.0251. The van der Waals surface area contributed by atoms with Gasteiger partial charge in [0.2, 0.25) is 5.91 Å². The van der Waals surface area contributed by atoms with Crippen LogP contribution in [-0.2, 0) is 16.0 Å². The second-order valence-electron chi connectivity index (χ2n) is 8.44. The Balaban J connectivity index is 1.42. The molecule has 0 atom stereocenters. The Hall–Kier alpha value is -3.87. The van der Waals surface area contributed by atoms with Gasteiger partial charge in [0.25, 0.3) is 0 Å². The molecule has 7 heteroatoms. The summed E-state index contributed by atoms with van der Waals surface area (Å²) in [5.74, 6) is 0.433. The Morgan fingerprint density at radius 2 is 1.88 bits per heavy atom. The number of carbonyl (C=O) groups is 2. The molecule has 1 aliphatic rings. The number of hydrogen-bond acceptors (Lipinski definition) is 6. The van der Waals surface area contributed by atoms with E-state index in [1.54, 1.807) is 42.6 Å². The van der Waals surface area contributed by atoms with Gasteiger partial charge >= 0.3 is 5.97 Å². The first-order valence-electron chi connectivity index (χ1n) is 11.5. The highest BCUT2D eigenvalue weighted by molar-refractivity contribution is 5.92. The van der Waals surface area contributed by atoms with E-state index in [0.29, 0.717) is 28.4 Å². The third-order valence-corrected chi connectivity index (χ3v) is 5.94. The minimum Gasteiger partial charge on any atom is -0.504 e. The van der Waals surface area contributed by atoms with Crippen LogP contribution < -0.4 is 14.8 Å². The van der Waals surface area contributed by atoms with Gasteiger partial charge in [-0.2, -0.15) is 0 Å². The number of nitrogens with zero attached hydrogens (tertiary/aromatic N) is 1. The summed E-state index contributed by atoms with van der Waals surface area (Å²) in [6.07, 6.45) is 6.85. The quantitative estimate of drug-likeness (QED) is 0.375. The summed E-state index contributed by atoms with van der Waals surface area (Å²) >= 11 is 0. The number of aromatic nitrogens is 1. The number of ether oxygens (including phenoxy) is 2. The first-order chi connectivity index (χ1) is 16.5. The second-order valence-corrected chi connectivity index (χ2v) is 8.44. The minimum atomic E-state index is -0.208. The summed E-state index contributed by atoms with van der Waals surface area (Å²) in [6.45, 7) is 0. The van der Waals surface area contributed by atoms with E-state index in [2.05, 4.69) is 10.3 Å². The van der Waals surface area contributed by atoms with Gasteiger partial charge in [-0.05, 0) is 54.8 Å². The zero-order valence-corrected chi connectivity index (χ0v) is 19.1. The molecule has 0 bridgehead atoms. The van der Waals surface area contributed by atoms with Crippen LogP contribution in [-0.4, -0.2) is 29.1 Å². The van der Waals surface area contributed by atoms with E-state index in [9.17, 15) is 14.7 Å². The van der Waals surface area contributed by atoms with E-state index in [1.807, 2.05) is 12.1 Å². The number of methoxy groups -OCH3 is 1. The van der Waals surface area contributed by atoms with Gasteiger partial charge in [-0.3, -0.25) is 14.6 Å². The molecule has 0 spiro atoms. The molecule has 0 unspecified atom stereocenters. The van der Waals surface area contributed by atoms with Crippen LogP contribution in [0.25, 0.3) is 11.3 Å². The number of carbonyl (C=O) groups excluding carboxylic acids is 2. The summed E-state index contributed by atoms with van der Waals surface area (Å²) in [5.41, 5.74) is 2.76. The summed E-state index contributed by atoms with van der Waals surface area (Å²) < 4.78 is 10.7. The molecule has 0 saturated heterocycles. The smallest absolute Gasteiger partial charge is 0.314 e. The molecule has 1 fully saturated rings. The number of benzene rings is 2. The van der Waals surface area contributed by atoms with Crippen molar-refractivity contribution in [2.75, 3.05) is 12.4 Å². The number of rotatable bonds is 7. The monoisotopic (exact) mass is 460 g/mol. The number of pyridine rings is 1. The number of esters is 1. The number of amides is 1. The highest BCUT2D eigenvalue weighted by Crippen LogP contribution is 2.29. The van der Waals surface area contributed by atoms with Crippen molar-refractivity contribution in [3.63, 3.8) is 0 Å².